The second-order valence-electron chi connectivity index (χ2n) is 16.6. The molecule has 0 aliphatic heterocycles. The van der Waals surface area contributed by atoms with Gasteiger partial charge >= 0.3 is 0 Å². The highest BCUT2D eigenvalue weighted by Crippen LogP contribution is 2.42. The third-order valence-corrected chi connectivity index (χ3v) is 13.0. The van der Waals surface area contributed by atoms with Crippen LogP contribution in [0.5, 0.6) is 0 Å². The molecular formula is C59H42N2. The predicted molar refractivity (Wildman–Crippen MR) is 260 cm³/mol. The molecule has 0 radical (unpaired) electrons. The predicted octanol–water partition coefficient (Wildman–Crippen LogP) is 15.9. The van der Waals surface area contributed by atoms with Gasteiger partial charge in [-0.3, -0.25) is 0 Å². The molecule has 0 fully saturated rings. The van der Waals surface area contributed by atoms with E-state index in [1.54, 1.807) is 0 Å². The molecule has 0 amide bonds. The van der Waals surface area contributed by atoms with Crippen LogP contribution >= 0.6 is 0 Å². The second-order valence-corrected chi connectivity index (χ2v) is 16.6. The summed E-state index contributed by atoms with van der Waals surface area (Å²) in [6, 6.07) is 75.7. The number of fused-ring (bicyclic) bond motifs is 7. The molecule has 2 heterocycles. The van der Waals surface area contributed by atoms with Crippen LogP contribution in [0.3, 0.4) is 0 Å². The van der Waals surface area contributed by atoms with Crippen LogP contribution < -0.4 is 0 Å². The summed E-state index contributed by atoms with van der Waals surface area (Å²) in [6.45, 7) is 2.39. The highest BCUT2D eigenvalue weighted by Gasteiger charge is 2.22. The lowest BCUT2D eigenvalue weighted by atomic mass is 9.82. The van der Waals surface area contributed by atoms with E-state index in [2.05, 4.69) is 234 Å². The molecule has 11 aromatic rings. The van der Waals surface area contributed by atoms with Gasteiger partial charge < -0.3 is 9.13 Å². The molecule has 1 atom stereocenters. The van der Waals surface area contributed by atoms with Gasteiger partial charge in [0.05, 0.1) is 22.1 Å². The fraction of sp³-hybridized carbons (Fsp3) is 0.0508. The lowest BCUT2D eigenvalue weighted by Crippen LogP contribution is -2.05. The fourth-order valence-corrected chi connectivity index (χ4v) is 9.95. The zero-order chi connectivity index (χ0) is 40.4. The molecule has 0 N–H and O–H groups in total. The van der Waals surface area contributed by atoms with E-state index in [1.165, 1.54) is 110 Å². The minimum Gasteiger partial charge on any atom is -0.309 e. The molecule has 2 aromatic heterocycles. The Morgan fingerprint density at radius 2 is 0.836 bits per heavy atom. The third-order valence-electron chi connectivity index (χ3n) is 13.0. The molecule has 288 valence electrons. The van der Waals surface area contributed by atoms with Crippen molar-refractivity contribution < 1.29 is 0 Å². The lowest BCUT2D eigenvalue weighted by molar-refractivity contribution is 0.771. The number of nitrogens with zero attached hydrogens (tertiary/aromatic N) is 2. The number of allylic oxidation sites excluding steroid dienone is 4. The Morgan fingerprint density at radius 1 is 0.344 bits per heavy atom. The van der Waals surface area contributed by atoms with Gasteiger partial charge in [0.1, 0.15) is 0 Å². The summed E-state index contributed by atoms with van der Waals surface area (Å²) in [4.78, 5) is 0. The standard InChI is InChI=1S/C59H42N2/c1-39-33-43(45-26-31-56-54(35-45)52-29-24-46(40-13-5-2-6-14-40)37-58(52)60(56)49-17-7-3-8-18-49)23-28-51(39)48-27-32-57-55(36-48)53-30-25-47(38-59(53)61(57)50-19-9-4-10-20-50)44-22-21-41-15-11-12-16-42(41)34-44/h2-32,34-39H,33H2,1H3. The average Bonchev–Trinajstić information content (AvgIpc) is 3.83. The van der Waals surface area contributed by atoms with Gasteiger partial charge in [-0.15, -0.1) is 0 Å². The first kappa shape index (κ1) is 35.3. The summed E-state index contributed by atoms with van der Waals surface area (Å²) >= 11 is 0. The van der Waals surface area contributed by atoms with Crippen molar-refractivity contribution >= 4 is 65.5 Å². The van der Waals surface area contributed by atoms with Gasteiger partial charge in [-0.1, -0.05) is 159 Å². The molecular weight excluding hydrogens is 737 g/mol. The molecule has 1 aliphatic rings. The van der Waals surface area contributed by atoms with E-state index in [4.69, 9.17) is 0 Å². The summed E-state index contributed by atoms with van der Waals surface area (Å²) in [5.74, 6) is 0.356. The van der Waals surface area contributed by atoms with Crippen LogP contribution in [0.4, 0.5) is 0 Å². The van der Waals surface area contributed by atoms with Crippen molar-refractivity contribution in [3.8, 4) is 33.6 Å². The lowest BCUT2D eigenvalue weighted by Gasteiger charge is -2.23. The Labute approximate surface area is 355 Å². The molecule has 12 rings (SSSR count). The van der Waals surface area contributed by atoms with Crippen molar-refractivity contribution in [2.24, 2.45) is 5.92 Å². The van der Waals surface area contributed by atoms with Crippen molar-refractivity contribution in [1.82, 2.24) is 9.13 Å². The monoisotopic (exact) mass is 778 g/mol. The van der Waals surface area contributed by atoms with E-state index in [1.807, 2.05) is 0 Å². The average molecular weight is 779 g/mol. The maximum absolute atomic E-state index is 2.43. The molecule has 61 heavy (non-hydrogen) atoms. The van der Waals surface area contributed by atoms with Gasteiger partial charge in [-0.25, -0.2) is 0 Å². The number of para-hydroxylation sites is 2. The highest BCUT2D eigenvalue weighted by molar-refractivity contribution is 6.12. The van der Waals surface area contributed by atoms with E-state index >= 15 is 0 Å². The van der Waals surface area contributed by atoms with Crippen LogP contribution in [0, 0.1) is 5.92 Å². The fourth-order valence-electron chi connectivity index (χ4n) is 9.95. The second kappa shape index (κ2) is 14.3. The molecule has 2 nitrogen and oxygen atoms in total. The molecule has 0 saturated carbocycles. The summed E-state index contributed by atoms with van der Waals surface area (Å²) < 4.78 is 4.86. The number of rotatable bonds is 6. The maximum atomic E-state index is 2.43. The molecule has 0 spiro atoms. The van der Waals surface area contributed by atoms with Gasteiger partial charge in [0.15, 0.2) is 0 Å². The summed E-state index contributed by atoms with van der Waals surface area (Å²) in [7, 11) is 0. The van der Waals surface area contributed by atoms with Crippen molar-refractivity contribution in [3.05, 3.63) is 230 Å². The zero-order valence-corrected chi connectivity index (χ0v) is 34.0. The van der Waals surface area contributed by atoms with Crippen molar-refractivity contribution in [3.63, 3.8) is 0 Å². The third kappa shape index (κ3) is 5.94. The minimum absolute atomic E-state index is 0.356. The van der Waals surface area contributed by atoms with Crippen molar-refractivity contribution in [2.45, 2.75) is 13.3 Å². The van der Waals surface area contributed by atoms with Gasteiger partial charge in [-0.05, 0) is 134 Å². The summed E-state index contributed by atoms with van der Waals surface area (Å²) in [5.41, 5.74) is 17.5. The Hall–Kier alpha value is -7.68. The van der Waals surface area contributed by atoms with Crippen LogP contribution in [0.1, 0.15) is 24.5 Å². The van der Waals surface area contributed by atoms with E-state index in [0.717, 1.165) is 6.42 Å². The Morgan fingerprint density at radius 3 is 1.46 bits per heavy atom. The molecule has 0 bridgehead atoms. The highest BCUT2D eigenvalue weighted by atomic mass is 15.0. The topological polar surface area (TPSA) is 9.86 Å². The minimum atomic E-state index is 0.356. The Kier molecular flexibility index (Phi) is 8.24. The van der Waals surface area contributed by atoms with Gasteiger partial charge in [0, 0.05) is 32.9 Å². The van der Waals surface area contributed by atoms with Crippen LogP contribution in [0.15, 0.2) is 218 Å². The smallest absolute Gasteiger partial charge is 0.0547 e. The SMILES string of the molecule is CC1CC(c2ccc3c(c2)c2ccc(-c4ccccc4)cc2n3-c2ccccc2)=CC=C1c1ccc2c(c1)c1ccc(-c3ccc4ccccc4c3)cc1n2-c1ccccc1. The normalized spacial score (nSPS) is 14.3. The molecule has 9 aromatic carbocycles. The van der Waals surface area contributed by atoms with E-state index in [-0.39, 0.29) is 0 Å². The van der Waals surface area contributed by atoms with E-state index < -0.39 is 0 Å². The van der Waals surface area contributed by atoms with Gasteiger partial charge in [0.2, 0.25) is 0 Å². The first-order valence-corrected chi connectivity index (χ1v) is 21.4. The number of hydrogen-bond acceptors (Lipinski definition) is 0. The largest absolute Gasteiger partial charge is 0.309 e. The molecule has 1 aliphatic carbocycles. The Balaban J connectivity index is 0.947. The Bertz CT molecular complexity index is 3550. The van der Waals surface area contributed by atoms with Crippen LogP contribution in [0.25, 0.3) is 99.2 Å². The molecule has 1 unspecified atom stereocenters. The van der Waals surface area contributed by atoms with E-state index in [0.29, 0.717) is 5.92 Å². The first-order chi connectivity index (χ1) is 30.1. The number of aromatic nitrogens is 2. The van der Waals surface area contributed by atoms with E-state index in [9.17, 15) is 0 Å². The van der Waals surface area contributed by atoms with Crippen LogP contribution in [-0.2, 0) is 0 Å². The maximum Gasteiger partial charge on any atom is 0.0547 e. The molecule has 0 saturated heterocycles. The number of benzene rings is 9. The van der Waals surface area contributed by atoms with Gasteiger partial charge in [-0.2, -0.15) is 0 Å². The van der Waals surface area contributed by atoms with Gasteiger partial charge in [0.25, 0.3) is 0 Å². The first-order valence-electron chi connectivity index (χ1n) is 21.4. The summed E-state index contributed by atoms with van der Waals surface area (Å²) in [6.07, 6.45) is 5.72. The summed E-state index contributed by atoms with van der Waals surface area (Å²) in [5, 5.41) is 7.62. The van der Waals surface area contributed by atoms with Crippen molar-refractivity contribution in [1.29, 1.82) is 0 Å². The quantitative estimate of drug-likeness (QED) is 0.159. The zero-order valence-electron chi connectivity index (χ0n) is 34.0. The van der Waals surface area contributed by atoms with Crippen molar-refractivity contribution in [2.75, 3.05) is 0 Å². The number of hydrogen-bond donors (Lipinski definition) is 0. The molecule has 2 heteroatoms. The van der Waals surface area contributed by atoms with Crippen LogP contribution in [0.2, 0.25) is 0 Å². The van der Waals surface area contributed by atoms with Crippen LogP contribution in [-0.4, -0.2) is 9.13 Å².